The lowest BCUT2D eigenvalue weighted by Gasteiger charge is -2.32. The molecule has 1 atom stereocenters. The molecule has 5 nitrogen and oxygen atoms in total. The molecule has 2 aromatic heterocycles. The van der Waals surface area contributed by atoms with Crippen molar-refractivity contribution >= 4 is 5.78 Å². The van der Waals surface area contributed by atoms with Gasteiger partial charge in [0.25, 0.3) is 12.2 Å². The zero-order valence-corrected chi connectivity index (χ0v) is 14.0. The maximum atomic E-state index is 13.9. The Bertz CT molecular complexity index is 911. The Kier molecular flexibility index (Phi) is 4.58. The second-order valence-corrected chi connectivity index (χ2v) is 6.54. The highest BCUT2D eigenvalue weighted by Crippen LogP contribution is 2.29. The first-order valence-electron chi connectivity index (χ1n) is 8.56. The average Bonchev–Trinajstić information content (AvgIpc) is 3.11. The zero-order valence-electron chi connectivity index (χ0n) is 14.0. The van der Waals surface area contributed by atoms with E-state index in [1.165, 1.54) is 18.5 Å². The molecule has 0 radical (unpaired) electrons. The van der Waals surface area contributed by atoms with Gasteiger partial charge >= 0.3 is 0 Å². The van der Waals surface area contributed by atoms with Crippen molar-refractivity contribution in [2.75, 3.05) is 13.1 Å². The number of rotatable bonds is 4. The molecule has 0 aliphatic carbocycles. The quantitative estimate of drug-likeness (QED) is 0.713. The highest BCUT2D eigenvalue weighted by molar-refractivity contribution is 5.32. The third-order valence-corrected chi connectivity index (χ3v) is 4.80. The maximum absolute atomic E-state index is 13.9. The number of alkyl halides is 2. The van der Waals surface area contributed by atoms with E-state index in [0.717, 1.165) is 23.9 Å². The number of aromatic nitrogens is 4. The van der Waals surface area contributed by atoms with Crippen LogP contribution in [0.2, 0.25) is 0 Å². The van der Waals surface area contributed by atoms with Gasteiger partial charge in [-0.05, 0) is 31.5 Å². The van der Waals surface area contributed by atoms with Crippen molar-refractivity contribution in [2.24, 2.45) is 0 Å². The van der Waals surface area contributed by atoms with E-state index in [0.29, 0.717) is 24.3 Å². The van der Waals surface area contributed by atoms with Gasteiger partial charge in [-0.3, -0.25) is 4.90 Å². The fourth-order valence-corrected chi connectivity index (χ4v) is 3.53. The van der Waals surface area contributed by atoms with E-state index >= 15 is 0 Å². The molecule has 8 heteroatoms. The molecule has 1 fully saturated rings. The highest BCUT2D eigenvalue weighted by atomic mass is 19.3. The molecule has 26 heavy (non-hydrogen) atoms. The Morgan fingerprint density at radius 2 is 2.08 bits per heavy atom. The van der Waals surface area contributed by atoms with Crippen LogP contribution < -0.4 is 0 Å². The summed E-state index contributed by atoms with van der Waals surface area (Å²) in [6, 6.07) is 8.13. The number of piperidine rings is 1. The molecule has 0 saturated carbocycles. The van der Waals surface area contributed by atoms with Gasteiger partial charge in [0, 0.05) is 24.6 Å². The summed E-state index contributed by atoms with van der Waals surface area (Å²) in [5.41, 5.74) is 1.04. The molecule has 136 valence electrons. The lowest BCUT2D eigenvalue weighted by molar-refractivity contribution is 0.142. The van der Waals surface area contributed by atoms with Gasteiger partial charge in [-0.1, -0.05) is 18.2 Å². The van der Waals surface area contributed by atoms with Crippen LogP contribution in [0.15, 0.2) is 36.7 Å². The van der Waals surface area contributed by atoms with Crippen molar-refractivity contribution in [1.29, 1.82) is 0 Å². The molecular weight excluding hydrogens is 343 g/mol. The lowest BCUT2D eigenvalue weighted by Crippen LogP contribution is -2.34. The minimum atomic E-state index is -2.65. The van der Waals surface area contributed by atoms with Crippen LogP contribution in [0.4, 0.5) is 13.2 Å². The lowest BCUT2D eigenvalue weighted by atomic mass is 9.93. The third kappa shape index (κ3) is 3.29. The summed E-state index contributed by atoms with van der Waals surface area (Å²) < 4.78 is 41.7. The van der Waals surface area contributed by atoms with Crippen LogP contribution in [0.5, 0.6) is 0 Å². The van der Waals surface area contributed by atoms with Gasteiger partial charge in [-0.25, -0.2) is 18.2 Å². The van der Waals surface area contributed by atoms with Gasteiger partial charge < -0.3 is 0 Å². The first kappa shape index (κ1) is 17.0. The molecule has 1 aromatic carbocycles. The molecule has 1 aliphatic heterocycles. The van der Waals surface area contributed by atoms with E-state index in [9.17, 15) is 13.2 Å². The van der Waals surface area contributed by atoms with Crippen molar-refractivity contribution < 1.29 is 13.2 Å². The fourth-order valence-electron chi connectivity index (χ4n) is 3.53. The summed E-state index contributed by atoms with van der Waals surface area (Å²) in [5, 5.41) is 3.82. The number of halogens is 3. The monoisotopic (exact) mass is 361 g/mol. The van der Waals surface area contributed by atoms with Gasteiger partial charge in [-0.2, -0.15) is 14.6 Å². The third-order valence-electron chi connectivity index (χ3n) is 4.80. The Balaban J connectivity index is 1.58. The number of fused-ring (bicyclic) bond motifs is 1. The Hall–Kier alpha value is -2.48. The van der Waals surface area contributed by atoms with E-state index in [2.05, 4.69) is 20.0 Å². The van der Waals surface area contributed by atoms with E-state index < -0.39 is 6.43 Å². The number of nitrogens with zero attached hydrogens (tertiary/aromatic N) is 5. The topological polar surface area (TPSA) is 46.3 Å². The molecule has 0 unspecified atom stereocenters. The van der Waals surface area contributed by atoms with Gasteiger partial charge in [0.2, 0.25) is 0 Å². The second kappa shape index (κ2) is 7.03. The molecular formula is C18H18F3N5. The van der Waals surface area contributed by atoms with Crippen LogP contribution in [0.25, 0.3) is 5.78 Å². The molecule has 0 bridgehead atoms. The maximum Gasteiger partial charge on any atom is 0.280 e. The van der Waals surface area contributed by atoms with Gasteiger partial charge in [0.05, 0.1) is 5.69 Å². The van der Waals surface area contributed by atoms with Crippen LogP contribution in [0.3, 0.4) is 0 Å². The number of hydrogen-bond acceptors (Lipinski definition) is 4. The Labute approximate surface area is 148 Å². The fraction of sp³-hybridized carbons (Fsp3) is 0.389. The normalized spacial score (nSPS) is 18.7. The van der Waals surface area contributed by atoms with Crippen LogP contribution in [0, 0.1) is 5.82 Å². The van der Waals surface area contributed by atoms with Crippen molar-refractivity contribution in [3.8, 4) is 0 Å². The van der Waals surface area contributed by atoms with Crippen LogP contribution >= 0.6 is 0 Å². The van der Waals surface area contributed by atoms with Crippen molar-refractivity contribution in [1.82, 2.24) is 24.5 Å². The smallest absolute Gasteiger partial charge is 0.280 e. The van der Waals surface area contributed by atoms with Gasteiger partial charge in [0.15, 0.2) is 0 Å². The Morgan fingerprint density at radius 3 is 2.88 bits per heavy atom. The minimum absolute atomic E-state index is 0.00900. The van der Waals surface area contributed by atoms with Crippen LogP contribution in [0.1, 0.15) is 42.1 Å². The summed E-state index contributed by atoms with van der Waals surface area (Å²) in [7, 11) is 0. The van der Waals surface area contributed by atoms with Crippen molar-refractivity contribution in [3.63, 3.8) is 0 Å². The van der Waals surface area contributed by atoms with E-state index in [1.54, 1.807) is 12.1 Å². The first-order chi connectivity index (χ1) is 12.6. The van der Waals surface area contributed by atoms with E-state index in [1.807, 2.05) is 6.07 Å². The highest BCUT2D eigenvalue weighted by Gasteiger charge is 2.26. The molecule has 3 aromatic rings. The molecule has 0 N–H and O–H groups in total. The summed E-state index contributed by atoms with van der Waals surface area (Å²) >= 11 is 0. The second-order valence-electron chi connectivity index (χ2n) is 6.54. The predicted molar refractivity (Wildman–Crippen MR) is 89.4 cm³/mol. The standard InChI is InChI=1S/C18H18F3N5/c19-14-6-2-1-4-12(14)9-25-7-3-5-13(10-25)15-8-16(17(20)21)26-18(24-15)22-11-23-26/h1-2,4,6,8,11,13,17H,3,5,7,9-10H2/t13-/m0/s1. The van der Waals surface area contributed by atoms with Crippen LogP contribution in [-0.2, 0) is 6.54 Å². The number of hydrogen-bond donors (Lipinski definition) is 0. The largest absolute Gasteiger partial charge is 0.298 e. The zero-order chi connectivity index (χ0) is 18.1. The molecule has 1 saturated heterocycles. The number of benzene rings is 1. The van der Waals surface area contributed by atoms with E-state index in [-0.39, 0.29) is 23.2 Å². The molecule has 0 amide bonds. The summed E-state index contributed by atoms with van der Waals surface area (Å²) in [6.45, 7) is 1.99. The first-order valence-corrected chi connectivity index (χ1v) is 8.56. The summed E-state index contributed by atoms with van der Waals surface area (Å²) in [5.74, 6) is -0.0311. The van der Waals surface area contributed by atoms with Crippen LogP contribution in [-0.4, -0.2) is 37.6 Å². The molecule has 0 spiro atoms. The SMILES string of the molecule is Fc1ccccc1CN1CCC[C@H](c2cc(C(F)F)n3ncnc3n2)C1. The molecule has 4 rings (SSSR count). The Morgan fingerprint density at radius 1 is 1.23 bits per heavy atom. The molecule has 1 aliphatic rings. The van der Waals surface area contributed by atoms with E-state index in [4.69, 9.17) is 0 Å². The van der Waals surface area contributed by atoms with Crippen molar-refractivity contribution in [3.05, 3.63) is 59.4 Å². The van der Waals surface area contributed by atoms with Gasteiger partial charge in [-0.15, -0.1) is 0 Å². The minimum Gasteiger partial charge on any atom is -0.298 e. The summed E-state index contributed by atoms with van der Waals surface area (Å²) in [4.78, 5) is 10.5. The predicted octanol–water partition coefficient (Wildman–Crippen LogP) is 3.58. The van der Waals surface area contributed by atoms with Gasteiger partial charge in [0.1, 0.15) is 17.8 Å². The number of likely N-dealkylation sites (tertiary alicyclic amines) is 1. The molecule has 3 heterocycles. The summed E-state index contributed by atoms with van der Waals surface area (Å²) in [6.07, 6.45) is 0.332. The average molecular weight is 361 g/mol. The van der Waals surface area contributed by atoms with Crippen molar-refractivity contribution in [2.45, 2.75) is 31.7 Å².